The van der Waals surface area contributed by atoms with Crippen molar-refractivity contribution in [2.45, 2.75) is 63.3 Å². The lowest BCUT2D eigenvalue weighted by molar-refractivity contribution is -0.148. The average Bonchev–Trinajstić information content (AvgIpc) is 3.03. The van der Waals surface area contributed by atoms with Gasteiger partial charge >= 0.3 is 10.2 Å². The molecule has 1 saturated carbocycles. The number of anilines is 1. The van der Waals surface area contributed by atoms with Gasteiger partial charge in [0.1, 0.15) is 12.4 Å². The zero-order chi connectivity index (χ0) is 33.1. The second-order valence-corrected chi connectivity index (χ2v) is 14.5. The van der Waals surface area contributed by atoms with Crippen LogP contribution in [0.3, 0.4) is 0 Å². The summed E-state index contributed by atoms with van der Waals surface area (Å²) in [4.78, 5) is 30.5. The molecule has 250 valence electrons. The van der Waals surface area contributed by atoms with Gasteiger partial charge in [0.05, 0.1) is 18.2 Å². The highest BCUT2D eigenvalue weighted by atomic mass is 35.5. The standard InChI is InChI=1S/C33H43ClN4O7S/c1-35-46(43,44)36-32(41)33(42)19-31(40)37(2)15-5-4-8-29(39)27-13-10-23(27)20-38-16-6-3-7-22-17-26(34)12-9-24(22)21-45-30-14-11-25(33)18-28(30)38/h4,8-9,11-12,14,17-18,23,27,29,35,39,42H,3,5-7,10,13,15-16,19-21H2,1-2H3,(H,36,41)/b8-4+/t23-,27+,29-,33+/m0/s1. The Bertz CT molecular complexity index is 1590. The molecule has 5 rings (SSSR count). The molecule has 0 spiro atoms. The van der Waals surface area contributed by atoms with Gasteiger partial charge in [-0.1, -0.05) is 35.9 Å². The molecule has 4 atom stereocenters. The van der Waals surface area contributed by atoms with Crippen LogP contribution in [0.4, 0.5) is 5.69 Å². The average molecular weight is 675 g/mol. The minimum Gasteiger partial charge on any atom is -0.487 e. The van der Waals surface area contributed by atoms with Gasteiger partial charge in [-0.25, -0.2) is 9.44 Å². The number of carbonyl (C=O) groups is 2. The fourth-order valence-corrected chi connectivity index (χ4v) is 7.16. The second-order valence-electron chi connectivity index (χ2n) is 12.5. The van der Waals surface area contributed by atoms with Crippen molar-refractivity contribution in [2.24, 2.45) is 11.8 Å². The van der Waals surface area contributed by atoms with Crippen LogP contribution < -0.4 is 19.1 Å². The molecule has 0 radical (unpaired) electrons. The van der Waals surface area contributed by atoms with E-state index < -0.39 is 40.1 Å². The van der Waals surface area contributed by atoms with Crippen LogP contribution in [0.5, 0.6) is 5.75 Å². The Kier molecular flexibility index (Phi) is 10.6. The molecular weight excluding hydrogens is 632 g/mol. The van der Waals surface area contributed by atoms with E-state index in [1.54, 1.807) is 25.3 Å². The Balaban J connectivity index is 1.62. The number of hydrogen-bond donors (Lipinski definition) is 4. The first-order valence-corrected chi connectivity index (χ1v) is 17.6. The highest BCUT2D eigenvalue weighted by Crippen LogP contribution is 2.42. The van der Waals surface area contributed by atoms with E-state index in [-0.39, 0.29) is 30.6 Å². The number of aliphatic hydroxyl groups excluding tert-OH is 1. The summed E-state index contributed by atoms with van der Waals surface area (Å²) in [6.07, 6.45) is 7.15. The number of aliphatic hydroxyl groups is 2. The summed E-state index contributed by atoms with van der Waals surface area (Å²) in [5, 5.41) is 23.7. The Hall–Kier alpha value is -3.16. The molecule has 13 heteroatoms. The van der Waals surface area contributed by atoms with E-state index in [0.29, 0.717) is 36.0 Å². The predicted molar refractivity (Wildman–Crippen MR) is 176 cm³/mol. The van der Waals surface area contributed by atoms with E-state index in [1.807, 2.05) is 33.7 Å². The van der Waals surface area contributed by atoms with Gasteiger partial charge in [-0.15, -0.1) is 0 Å². The molecule has 4 N–H and O–H groups in total. The third-order valence-electron chi connectivity index (χ3n) is 9.49. The smallest absolute Gasteiger partial charge is 0.301 e. The summed E-state index contributed by atoms with van der Waals surface area (Å²) < 4.78 is 35.0. The molecule has 0 unspecified atom stereocenters. The van der Waals surface area contributed by atoms with Crippen LogP contribution in [-0.4, -0.2) is 75.2 Å². The van der Waals surface area contributed by atoms with Crippen molar-refractivity contribution in [3.8, 4) is 5.75 Å². The normalized spacial score (nSPS) is 26.8. The summed E-state index contributed by atoms with van der Waals surface area (Å²) in [6.45, 7) is 1.78. The lowest BCUT2D eigenvalue weighted by Gasteiger charge is -2.43. The Labute approximate surface area is 275 Å². The minimum atomic E-state index is -4.29. The maximum absolute atomic E-state index is 13.6. The molecule has 1 aliphatic carbocycles. The fourth-order valence-electron chi connectivity index (χ4n) is 6.45. The lowest BCUT2D eigenvalue weighted by Crippen LogP contribution is -2.51. The number of nitrogens with one attached hydrogen (secondary N) is 2. The lowest BCUT2D eigenvalue weighted by atomic mass is 9.70. The van der Waals surface area contributed by atoms with Crippen molar-refractivity contribution >= 4 is 39.3 Å². The molecule has 2 aromatic rings. The second kappa shape index (κ2) is 14.3. The molecule has 2 bridgehead atoms. The molecule has 2 aliphatic heterocycles. The first-order chi connectivity index (χ1) is 21.9. The molecular formula is C33H43ClN4O7S. The number of carbonyl (C=O) groups excluding carboxylic acids is 2. The van der Waals surface area contributed by atoms with Crippen molar-refractivity contribution in [3.05, 3.63) is 70.3 Å². The van der Waals surface area contributed by atoms with Crippen LogP contribution >= 0.6 is 11.6 Å². The molecule has 1 fully saturated rings. The number of ether oxygens (including phenoxy) is 1. The number of amides is 2. The van der Waals surface area contributed by atoms with Crippen LogP contribution in [0.15, 0.2) is 48.6 Å². The largest absolute Gasteiger partial charge is 0.487 e. The predicted octanol–water partition coefficient (Wildman–Crippen LogP) is 3.03. The summed E-state index contributed by atoms with van der Waals surface area (Å²) in [5.74, 6) is -1.04. The van der Waals surface area contributed by atoms with Gasteiger partial charge in [0.2, 0.25) is 5.91 Å². The first-order valence-electron chi connectivity index (χ1n) is 15.8. The zero-order valence-corrected chi connectivity index (χ0v) is 27.8. The molecule has 2 amide bonds. The van der Waals surface area contributed by atoms with E-state index in [1.165, 1.54) is 11.0 Å². The third kappa shape index (κ3) is 7.69. The number of rotatable bonds is 3. The minimum absolute atomic E-state index is 0.0599. The number of fused-ring (bicyclic) bond motifs is 3. The van der Waals surface area contributed by atoms with Crippen molar-refractivity contribution in [3.63, 3.8) is 0 Å². The number of benzene rings is 2. The van der Waals surface area contributed by atoms with Crippen molar-refractivity contribution < 1.29 is 33.0 Å². The molecule has 0 aromatic heterocycles. The highest BCUT2D eigenvalue weighted by Gasteiger charge is 2.44. The van der Waals surface area contributed by atoms with E-state index in [2.05, 4.69) is 4.90 Å². The van der Waals surface area contributed by atoms with Crippen LogP contribution in [0.2, 0.25) is 5.02 Å². The topological polar surface area (TPSA) is 149 Å². The van der Waals surface area contributed by atoms with Gasteiger partial charge in [-0.2, -0.15) is 8.42 Å². The number of nitrogens with zero attached hydrogens (tertiary/aromatic N) is 2. The summed E-state index contributed by atoms with van der Waals surface area (Å²) >= 11 is 6.32. The summed E-state index contributed by atoms with van der Waals surface area (Å²) in [7, 11) is -1.60. The Morgan fingerprint density at radius 2 is 1.91 bits per heavy atom. The monoisotopic (exact) mass is 674 g/mol. The van der Waals surface area contributed by atoms with Gasteiger partial charge < -0.3 is 24.7 Å². The van der Waals surface area contributed by atoms with E-state index in [0.717, 1.165) is 50.3 Å². The SMILES string of the molecule is CNS(=O)(=O)NC(=O)[C@@]1(O)CC(=O)N(C)CC/C=C/[C@H](O)[C@@H]2CC[C@H]2CN2CCCCc3cc(Cl)ccc3COc3ccc1cc32. The van der Waals surface area contributed by atoms with Crippen molar-refractivity contribution in [1.29, 1.82) is 0 Å². The van der Waals surface area contributed by atoms with Gasteiger partial charge in [0, 0.05) is 38.8 Å². The first kappa shape index (κ1) is 34.2. The molecule has 0 saturated heterocycles. The molecule has 2 heterocycles. The van der Waals surface area contributed by atoms with Crippen molar-refractivity contribution in [1.82, 2.24) is 14.3 Å². The highest BCUT2D eigenvalue weighted by molar-refractivity contribution is 7.88. The van der Waals surface area contributed by atoms with Crippen LogP contribution in [0.1, 0.15) is 55.2 Å². The molecule has 11 nitrogen and oxygen atoms in total. The molecule has 3 aliphatic rings. The van der Waals surface area contributed by atoms with Crippen LogP contribution in [-0.2, 0) is 38.4 Å². The fraction of sp³-hybridized carbons (Fsp3) is 0.515. The van der Waals surface area contributed by atoms with Crippen LogP contribution in [0.25, 0.3) is 0 Å². The van der Waals surface area contributed by atoms with Gasteiger partial charge in [0.25, 0.3) is 5.91 Å². The third-order valence-corrected chi connectivity index (χ3v) is 10.7. The van der Waals surface area contributed by atoms with E-state index in [4.69, 9.17) is 16.3 Å². The van der Waals surface area contributed by atoms with Gasteiger partial charge in [-0.05, 0) is 91.3 Å². The molecule has 46 heavy (non-hydrogen) atoms. The number of halogens is 1. The summed E-state index contributed by atoms with van der Waals surface area (Å²) in [6, 6.07) is 10.5. The van der Waals surface area contributed by atoms with Gasteiger partial charge in [0.15, 0.2) is 5.60 Å². The summed E-state index contributed by atoms with van der Waals surface area (Å²) in [5.41, 5.74) is 0.259. The van der Waals surface area contributed by atoms with Crippen molar-refractivity contribution in [2.75, 3.05) is 38.6 Å². The molecule has 2 aromatic carbocycles. The van der Waals surface area contributed by atoms with Crippen LogP contribution in [0, 0.1) is 11.8 Å². The Morgan fingerprint density at radius 1 is 1.11 bits per heavy atom. The number of hydrogen-bond acceptors (Lipinski definition) is 8. The quantitative estimate of drug-likeness (QED) is 0.363. The van der Waals surface area contributed by atoms with E-state index in [9.17, 15) is 28.2 Å². The van der Waals surface area contributed by atoms with E-state index >= 15 is 0 Å². The maximum atomic E-state index is 13.6. The number of aryl methyl sites for hydroxylation is 1. The van der Waals surface area contributed by atoms with Gasteiger partial charge in [-0.3, -0.25) is 9.59 Å². The Morgan fingerprint density at radius 3 is 2.65 bits per heavy atom. The maximum Gasteiger partial charge on any atom is 0.301 e. The zero-order valence-electron chi connectivity index (χ0n) is 26.2.